The Morgan fingerprint density at radius 1 is 1.48 bits per heavy atom. The van der Waals surface area contributed by atoms with Gasteiger partial charge in [-0.3, -0.25) is 0 Å². The van der Waals surface area contributed by atoms with Crippen molar-refractivity contribution in [3.63, 3.8) is 0 Å². The Bertz CT molecular complexity index is 1030. The zero-order valence-corrected chi connectivity index (χ0v) is 14.6. The fraction of sp³-hybridized carbons (Fsp3) is 0.316. The molecule has 0 saturated carbocycles. The van der Waals surface area contributed by atoms with Gasteiger partial charge in [0.2, 0.25) is 0 Å². The van der Waals surface area contributed by atoms with Crippen molar-refractivity contribution in [1.82, 2.24) is 9.55 Å². The zero-order chi connectivity index (χ0) is 17.6. The van der Waals surface area contributed by atoms with Crippen molar-refractivity contribution in [3.05, 3.63) is 40.5 Å². The highest BCUT2D eigenvalue weighted by molar-refractivity contribution is 7.16. The molecule has 1 N–H and O–H groups in total. The van der Waals surface area contributed by atoms with E-state index in [0.29, 0.717) is 16.6 Å². The monoisotopic (exact) mass is 351 g/mol. The highest BCUT2D eigenvalue weighted by Crippen LogP contribution is 2.37. The first-order valence-electron chi connectivity index (χ1n) is 8.39. The largest absolute Gasteiger partial charge is 0.477 e. The third kappa shape index (κ3) is 2.52. The number of aromatic nitrogens is 2. The molecule has 5 nitrogen and oxygen atoms in total. The number of thiazole rings is 1. The van der Waals surface area contributed by atoms with E-state index >= 15 is 0 Å². The van der Waals surface area contributed by atoms with Gasteiger partial charge in [0.25, 0.3) is 0 Å². The van der Waals surface area contributed by atoms with Crippen LogP contribution in [0.15, 0.2) is 24.4 Å². The molecule has 0 saturated heterocycles. The molecule has 1 unspecified atom stereocenters. The Morgan fingerprint density at radius 3 is 3.00 bits per heavy atom. The summed E-state index contributed by atoms with van der Waals surface area (Å²) in [6.45, 7) is 2.19. The lowest BCUT2D eigenvalue weighted by atomic mass is 10.0. The number of benzene rings is 1. The minimum atomic E-state index is -0.976. The van der Waals surface area contributed by atoms with E-state index in [1.54, 1.807) is 0 Å². The van der Waals surface area contributed by atoms with E-state index in [9.17, 15) is 10.1 Å². The third-order valence-electron chi connectivity index (χ3n) is 4.90. The van der Waals surface area contributed by atoms with Crippen molar-refractivity contribution in [3.8, 4) is 16.6 Å². The molecule has 126 valence electrons. The lowest BCUT2D eigenvalue weighted by molar-refractivity contribution is 0.0702. The number of hydrogen-bond donors (Lipinski definition) is 1. The summed E-state index contributed by atoms with van der Waals surface area (Å²) >= 11 is 1.13. The van der Waals surface area contributed by atoms with Crippen LogP contribution in [0.4, 0.5) is 0 Å². The van der Waals surface area contributed by atoms with Crippen LogP contribution in [0, 0.1) is 11.3 Å². The fourth-order valence-corrected chi connectivity index (χ4v) is 4.53. The van der Waals surface area contributed by atoms with Crippen LogP contribution in [0.25, 0.3) is 21.5 Å². The van der Waals surface area contributed by atoms with Gasteiger partial charge in [0.1, 0.15) is 16.0 Å². The Labute approximate surface area is 149 Å². The van der Waals surface area contributed by atoms with Gasteiger partial charge in [-0.1, -0.05) is 6.92 Å². The maximum Gasteiger partial charge on any atom is 0.347 e. The predicted molar refractivity (Wildman–Crippen MR) is 97.0 cm³/mol. The van der Waals surface area contributed by atoms with E-state index in [1.807, 2.05) is 12.1 Å². The molecule has 0 amide bonds. The van der Waals surface area contributed by atoms with Crippen molar-refractivity contribution in [2.45, 2.75) is 38.6 Å². The summed E-state index contributed by atoms with van der Waals surface area (Å²) in [6.07, 6.45) is 5.78. The molecule has 3 aromatic rings. The van der Waals surface area contributed by atoms with Crippen molar-refractivity contribution in [2.75, 3.05) is 0 Å². The molecule has 1 aromatic carbocycles. The van der Waals surface area contributed by atoms with Crippen molar-refractivity contribution in [2.24, 2.45) is 0 Å². The van der Waals surface area contributed by atoms with Gasteiger partial charge >= 0.3 is 5.97 Å². The second kappa shape index (κ2) is 6.01. The third-order valence-corrected chi connectivity index (χ3v) is 5.94. The maximum absolute atomic E-state index is 11.1. The summed E-state index contributed by atoms with van der Waals surface area (Å²) in [7, 11) is 0. The normalized spacial score (nSPS) is 16.6. The number of fused-ring (bicyclic) bond motifs is 3. The summed E-state index contributed by atoms with van der Waals surface area (Å²) in [6, 6.07) is 8.81. The molecule has 1 aliphatic heterocycles. The summed E-state index contributed by atoms with van der Waals surface area (Å²) in [5.41, 5.74) is 3.72. The average molecular weight is 351 g/mol. The Morgan fingerprint density at radius 2 is 2.32 bits per heavy atom. The predicted octanol–water partition coefficient (Wildman–Crippen LogP) is 4.62. The topological polar surface area (TPSA) is 78.9 Å². The number of carbonyl (C=O) groups is 1. The minimum absolute atomic E-state index is 0.204. The van der Waals surface area contributed by atoms with E-state index < -0.39 is 5.97 Å². The van der Waals surface area contributed by atoms with Crippen LogP contribution < -0.4 is 0 Å². The van der Waals surface area contributed by atoms with Crippen LogP contribution in [0.5, 0.6) is 0 Å². The molecule has 1 aliphatic rings. The van der Waals surface area contributed by atoms with Crippen LogP contribution in [0.3, 0.4) is 0 Å². The second-order valence-electron chi connectivity index (χ2n) is 6.37. The smallest absolute Gasteiger partial charge is 0.347 e. The quantitative estimate of drug-likeness (QED) is 0.746. The Kier molecular flexibility index (Phi) is 3.81. The summed E-state index contributed by atoms with van der Waals surface area (Å²) in [5.74, 6) is -0.976. The highest BCUT2D eigenvalue weighted by atomic mass is 32.1. The van der Waals surface area contributed by atoms with Gasteiger partial charge in [-0.2, -0.15) is 5.26 Å². The maximum atomic E-state index is 11.1. The van der Waals surface area contributed by atoms with E-state index in [-0.39, 0.29) is 4.88 Å². The number of nitrogens with zero attached hydrogens (tertiary/aromatic N) is 3. The molecular formula is C19H17N3O2S. The molecule has 1 atom stereocenters. The molecule has 0 spiro atoms. The molecule has 25 heavy (non-hydrogen) atoms. The van der Waals surface area contributed by atoms with Crippen LogP contribution in [0.2, 0.25) is 0 Å². The first-order valence-corrected chi connectivity index (χ1v) is 9.21. The molecule has 4 rings (SSSR count). The zero-order valence-electron chi connectivity index (χ0n) is 13.8. The number of hydrogen-bond acceptors (Lipinski definition) is 4. The number of aryl methyl sites for hydroxylation is 1. The number of aromatic carboxylic acids is 1. The van der Waals surface area contributed by atoms with E-state index in [2.05, 4.69) is 28.6 Å². The molecule has 6 heteroatoms. The molecular weight excluding hydrogens is 334 g/mol. The van der Waals surface area contributed by atoms with Gasteiger partial charge in [0, 0.05) is 22.7 Å². The van der Waals surface area contributed by atoms with E-state index in [1.165, 1.54) is 18.3 Å². The van der Waals surface area contributed by atoms with Gasteiger partial charge in [0.15, 0.2) is 0 Å². The SMILES string of the molecule is CCC1CCCc2cc3cc(-c4ncc(C(=O)O)s4)cc(C#N)c3n21. The van der Waals surface area contributed by atoms with Crippen LogP contribution in [-0.4, -0.2) is 20.6 Å². The fourth-order valence-electron chi connectivity index (χ4n) is 3.79. The molecule has 0 bridgehead atoms. The van der Waals surface area contributed by atoms with Gasteiger partial charge < -0.3 is 9.67 Å². The standard InChI is InChI=1S/C19H17N3O2S/c1-2-14-4-3-5-15-8-11-6-12(7-13(9-20)17(11)22(14)15)18-21-10-16(25-18)19(23)24/h6-8,10,14H,2-5H2,1H3,(H,23,24). The molecule has 2 aromatic heterocycles. The van der Waals surface area contributed by atoms with Crippen LogP contribution in [0.1, 0.15) is 53.2 Å². The lowest BCUT2D eigenvalue weighted by Crippen LogP contribution is -2.16. The molecule has 0 aliphatic carbocycles. The average Bonchev–Trinajstić information content (AvgIpc) is 3.25. The van der Waals surface area contributed by atoms with Gasteiger partial charge in [0.05, 0.1) is 17.3 Å². The number of nitriles is 1. The Hall–Kier alpha value is -2.65. The van der Waals surface area contributed by atoms with Gasteiger partial charge in [-0.05, 0) is 43.9 Å². The molecule has 0 radical (unpaired) electrons. The summed E-state index contributed by atoms with van der Waals surface area (Å²) in [5, 5.41) is 20.5. The summed E-state index contributed by atoms with van der Waals surface area (Å²) < 4.78 is 2.34. The first-order chi connectivity index (χ1) is 12.1. The van der Waals surface area contributed by atoms with Crippen molar-refractivity contribution < 1.29 is 9.90 Å². The van der Waals surface area contributed by atoms with Crippen molar-refractivity contribution >= 4 is 28.2 Å². The first kappa shape index (κ1) is 15.9. The van der Waals surface area contributed by atoms with Gasteiger partial charge in [-0.15, -0.1) is 11.3 Å². The minimum Gasteiger partial charge on any atom is -0.477 e. The van der Waals surface area contributed by atoms with Crippen molar-refractivity contribution in [1.29, 1.82) is 5.26 Å². The number of rotatable bonds is 3. The number of carboxylic acids is 1. The summed E-state index contributed by atoms with van der Waals surface area (Å²) in [4.78, 5) is 15.5. The molecule has 0 fully saturated rings. The van der Waals surface area contributed by atoms with E-state index in [0.717, 1.165) is 47.1 Å². The van der Waals surface area contributed by atoms with E-state index in [4.69, 9.17) is 5.11 Å². The number of carboxylic acid groups (broad SMARTS) is 1. The Balaban J connectivity index is 1.92. The van der Waals surface area contributed by atoms with Crippen LogP contribution in [-0.2, 0) is 6.42 Å². The lowest BCUT2D eigenvalue weighted by Gasteiger charge is -2.26. The van der Waals surface area contributed by atoms with Gasteiger partial charge in [-0.25, -0.2) is 9.78 Å². The molecule has 3 heterocycles. The second-order valence-corrected chi connectivity index (χ2v) is 7.40. The van der Waals surface area contributed by atoms with Crippen LogP contribution >= 0.6 is 11.3 Å². The highest BCUT2D eigenvalue weighted by Gasteiger charge is 2.23.